The smallest absolute Gasteiger partial charge is 0.480 e. The highest BCUT2D eigenvalue weighted by Crippen LogP contribution is 2.69. The van der Waals surface area contributed by atoms with Crippen molar-refractivity contribution < 1.29 is 82.5 Å². The van der Waals surface area contributed by atoms with Crippen molar-refractivity contribution >= 4 is 41.8 Å². The highest BCUT2D eigenvalue weighted by molar-refractivity contribution is 5.94. The summed E-state index contributed by atoms with van der Waals surface area (Å²) in [6, 6.07) is 3.71. The van der Waals surface area contributed by atoms with Crippen molar-refractivity contribution in [1.29, 1.82) is 0 Å². The zero-order valence-corrected chi connectivity index (χ0v) is 32.1. The highest BCUT2D eigenvalue weighted by Gasteiger charge is 2.76. The first-order chi connectivity index (χ1) is 27.8. The summed E-state index contributed by atoms with van der Waals surface area (Å²) in [5.74, 6) is -5.54. The quantitative estimate of drug-likeness (QED) is 0.0234. The third-order valence-corrected chi connectivity index (χ3v) is 12.0. The van der Waals surface area contributed by atoms with Crippen LogP contribution in [0.25, 0.3) is 6.08 Å². The first-order valence-corrected chi connectivity index (χ1v) is 18.7. The number of ketones is 2. The lowest BCUT2D eigenvalue weighted by Gasteiger charge is -2.61. The molecule has 20 heteroatoms. The first-order valence-electron chi connectivity index (χ1n) is 18.7. The summed E-state index contributed by atoms with van der Waals surface area (Å²) in [6.07, 6.45) is 0.754. The van der Waals surface area contributed by atoms with E-state index in [9.17, 15) is 59.3 Å². The van der Waals surface area contributed by atoms with E-state index >= 15 is 4.39 Å². The number of nitrogens with zero attached hydrogens (tertiary/aromatic N) is 1. The summed E-state index contributed by atoms with van der Waals surface area (Å²) in [4.78, 5) is 88.5. The predicted octanol–water partition coefficient (Wildman–Crippen LogP) is 2.57. The Labute approximate surface area is 335 Å². The number of halogens is 1. The summed E-state index contributed by atoms with van der Waals surface area (Å²) in [5.41, 5.74) is -6.82. The van der Waals surface area contributed by atoms with Crippen LogP contribution >= 0.6 is 0 Å². The van der Waals surface area contributed by atoms with E-state index in [1.54, 1.807) is 13.0 Å². The molecule has 1 unspecified atom stereocenters. The van der Waals surface area contributed by atoms with Crippen LogP contribution in [0.4, 0.5) is 14.0 Å². The third kappa shape index (κ3) is 8.84. The molecule has 4 aliphatic carbocycles. The number of unbranched alkanes of at least 4 members (excludes halogenated alkanes) is 1. The van der Waals surface area contributed by atoms with Gasteiger partial charge in [-0.25, -0.2) is 23.6 Å². The Balaban J connectivity index is 1.10. The number of carboxylic acid groups (broad SMARTS) is 1. The van der Waals surface area contributed by atoms with Gasteiger partial charge in [-0.3, -0.25) is 9.59 Å². The van der Waals surface area contributed by atoms with Gasteiger partial charge in [-0.05, 0) is 74.8 Å². The molecule has 0 heterocycles. The molecule has 1 aromatic rings. The number of carbonyl (C=O) groups excluding carboxylic acids is 5. The number of aliphatic hydroxyl groups is 3. The lowest BCUT2D eigenvalue weighted by molar-refractivity contribution is -0.757. The number of aliphatic hydroxyl groups excluding tert-OH is 2. The molecule has 0 aliphatic heterocycles. The van der Waals surface area contributed by atoms with Crippen LogP contribution < -0.4 is 10.1 Å². The number of hydrogen-bond acceptors (Lipinski definition) is 16. The van der Waals surface area contributed by atoms with Gasteiger partial charge in [0.15, 0.2) is 29.7 Å². The lowest BCUT2D eigenvalue weighted by Crippen LogP contribution is -2.69. The number of ether oxygens (including phenoxy) is 4. The fourth-order valence-electron chi connectivity index (χ4n) is 8.89. The number of fused-ring (bicyclic) bond motifs is 5. The maximum absolute atomic E-state index is 17.3. The summed E-state index contributed by atoms with van der Waals surface area (Å²) >= 11 is 0. The van der Waals surface area contributed by atoms with E-state index in [1.807, 2.05) is 5.32 Å². The Hall–Kier alpha value is -5.73. The molecular formula is C39H45FN2O17. The van der Waals surface area contributed by atoms with Gasteiger partial charge in [-0.15, -0.1) is 10.1 Å². The fraction of sp³-hybridized carbons (Fsp3) is 0.538. The van der Waals surface area contributed by atoms with E-state index in [-0.39, 0.29) is 44.0 Å². The molecule has 5 rings (SSSR count). The van der Waals surface area contributed by atoms with Crippen molar-refractivity contribution in [3.8, 4) is 5.75 Å². The number of hydrogen-bond donors (Lipinski definition) is 5. The molecule has 59 heavy (non-hydrogen) atoms. The van der Waals surface area contributed by atoms with Crippen LogP contribution in [0.5, 0.6) is 5.75 Å². The molecule has 0 radical (unpaired) electrons. The number of aliphatic carboxylic acids is 1. The van der Waals surface area contributed by atoms with Crippen molar-refractivity contribution in [2.75, 3.05) is 26.4 Å². The van der Waals surface area contributed by atoms with Gasteiger partial charge in [-0.2, -0.15) is 0 Å². The van der Waals surface area contributed by atoms with Gasteiger partial charge < -0.3 is 49.5 Å². The van der Waals surface area contributed by atoms with Crippen LogP contribution in [0.3, 0.4) is 0 Å². The van der Waals surface area contributed by atoms with Crippen LogP contribution in [0.1, 0.15) is 57.9 Å². The molecule has 0 aromatic heterocycles. The zero-order chi connectivity index (χ0) is 43.3. The fourth-order valence-corrected chi connectivity index (χ4v) is 8.89. The molecule has 4 aliphatic rings. The van der Waals surface area contributed by atoms with Crippen LogP contribution in [0, 0.1) is 32.8 Å². The van der Waals surface area contributed by atoms with Crippen LogP contribution in [0.2, 0.25) is 0 Å². The standard InChI is InChI=1S/C39H45FN2O17/c1-36-14-13-24(43)17-23(36)8-11-26-27-18-29(44)39(52,37(27,2)19-30(45)38(26,36)40)31(46)21-56-34(50)41-28(33(48)49)20-57-35(51)59-25-9-5-22(6-10-25)7-12-32(47)55-15-3-4-16-58-42(53)54/h5-10,12-14,26-30,44-45,52H,3-4,11,15-21H2,1-2H3,(H,41,50)(H,48,49)/t26-,27-,28?,29+,30-,36-,37-,38-,39-/m0/s1. The number of alkyl carbamates (subject to hydrolysis) is 1. The maximum atomic E-state index is 17.3. The highest BCUT2D eigenvalue weighted by atomic mass is 19.1. The number of benzene rings is 1. The molecule has 1 amide bonds. The average Bonchev–Trinajstić information content (AvgIpc) is 3.38. The molecule has 19 nitrogen and oxygen atoms in total. The van der Waals surface area contributed by atoms with E-state index in [0.29, 0.717) is 24.0 Å². The largest absolute Gasteiger partial charge is 0.513 e. The van der Waals surface area contributed by atoms with E-state index in [4.69, 9.17) is 18.9 Å². The second kappa shape index (κ2) is 17.6. The number of nitrogens with one attached hydrogen (secondary N) is 1. The third-order valence-electron chi connectivity index (χ3n) is 12.0. The number of esters is 1. The topological polar surface area (TPSA) is 285 Å². The van der Waals surface area contributed by atoms with Gasteiger partial charge in [0.2, 0.25) is 5.78 Å². The number of rotatable bonds is 16. The number of amides is 1. The Bertz CT molecular complexity index is 1930. The van der Waals surface area contributed by atoms with Crippen LogP contribution in [0.15, 0.2) is 54.1 Å². The normalized spacial score (nSPS) is 31.1. The summed E-state index contributed by atoms with van der Waals surface area (Å²) in [6.45, 7) is 0.839. The molecule has 0 saturated heterocycles. The molecule has 2 fully saturated rings. The maximum Gasteiger partial charge on any atom is 0.513 e. The SMILES string of the molecule is C[C@]12C=CC(=O)CC1=CC[C@H]1[C@@H]3C[C@@H](O)[C@](O)(C(=O)COC(=O)NC(COC(=O)Oc4ccc(C=CC(=O)OCCCCO[N+](=O)[O-])cc4)C(=O)O)[C@@]3(C)C[C@H](O)[C@@]12F. The molecular weight excluding hydrogens is 787 g/mol. The molecule has 0 bridgehead atoms. The number of carbonyl (C=O) groups is 6. The first kappa shape index (κ1) is 44.4. The Morgan fingerprint density at radius 1 is 1.03 bits per heavy atom. The van der Waals surface area contributed by atoms with Gasteiger partial charge in [-0.1, -0.05) is 36.8 Å². The van der Waals surface area contributed by atoms with E-state index in [2.05, 4.69) is 4.84 Å². The molecule has 1 aromatic carbocycles. The van der Waals surface area contributed by atoms with Crippen LogP contribution in [-0.4, -0.2) is 117 Å². The van der Waals surface area contributed by atoms with Crippen molar-refractivity contribution in [3.63, 3.8) is 0 Å². The van der Waals surface area contributed by atoms with E-state index in [0.717, 1.165) is 6.08 Å². The minimum Gasteiger partial charge on any atom is -0.480 e. The minimum atomic E-state index is -2.61. The number of alkyl halides is 1. The molecule has 2 saturated carbocycles. The van der Waals surface area contributed by atoms with Crippen molar-refractivity contribution in [2.45, 2.75) is 81.9 Å². The Morgan fingerprint density at radius 3 is 2.41 bits per heavy atom. The number of carboxylic acids is 1. The lowest BCUT2D eigenvalue weighted by atomic mass is 9.45. The molecule has 320 valence electrons. The van der Waals surface area contributed by atoms with Crippen molar-refractivity contribution in [1.82, 2.24) is 5.32 Å². The number of Topliss-reactive ketones (excluding diaryl/α,β-unsaturated/α-hetero) is 1. The second-order valence-electron chi connectivity index (χ2n) is 15.3. The minimum absolute atomic E-state index is 0.0141. The summed E-state index contributed by atoms with van der Waals surface area (Å²) in [7, 11) is 0. The van der Waals surface area contributed by atoms with Gasteiger partial charge in [0, 0.05) is 29.2 Å². The monoisotopic (exact) mass is 832 g/mol. The molecule has 5 N–H and O–H groups in total. The average molecular weight is 833 g/mol. The van der Waals surface area contributed by atoms with Gasteiger partial charge in [0.1, 0.15) is 12.4 Å². The van der Waals surface area contributed by atoms with Gasteiger partial charge >= 0.3 is 24.2 Å². The van der Waals surface area contributed by atoms with E-state index in [1.165, 1.54) is 49.4 Å². The summed E-state index contributed by atoms with van der Waals surface area (Å²) < 4.78 is 37.1. The molecule has 0 spiro atoms. The van der Waals surface area contributed by atoms with Gasteiger partial charge in [0.25, 0.3) is 5.09 Å². The zero-order valence-electron chi connectivity index (χ0n) is 32.1. The summed E-state index contributed by atoms with van der Waals surface area (Å²) in [5, 5.41) is 55.1. The number of allylic oxidation sites excluding steroid dienone is 4. The van der Waals surface area contributed by atoms with E-state index < -0.39 is 107 Å². The Morgan fingerprint density at radius 2 is 1.73 bits per heavy atom. The van der Waals surface area contributed by atoms with Gasteiger partial charge in [0.05, 0.1) is 25.4 Å². The Kier molecular flexibility index (Phi) is 13.3. The van der Waals surface area contributed by atoms with Crippen LogP contribution in [-0.2, 0) is 38.2 Å². The predicted molar refractivity (Wildman–Crippen MR) is 196 cm³/mol. The van der Waals surface area contributed by atoms with Crippen molar-refractivity contribution in [2.24, 2.45) is 22.7 Å². The molecule has 9 atom stereocenters. The van der Waals surface area contributed by atoms with Crippen molar-refractivity contribution in [3.05, 3.63) is 69.8 Å². The second-order valence-corrected chi connectivity index (χ2v) is 15.3.